The van der Waals surface area contributed by atoms with Crippen LogP contribution in [0.4, 0.5) is 26.3 Å². The Balaban J connectivity index is 2.87. The molecule has 0 aliphatic rings. The van der Waals surface area contributed by atoms with E-state index in [-0.39, 0.29) is 48.7 Å². The third-order valence-electron chi connectivity index (χ3n) is 5.59. The van der Waals surface area contributed by atoms with Gasteiger partial charge in [0.05, 0.1) is 0 Å². The largest absolute Gasteiger partial charge is 0.489 e. The van der Waals surface area contributed by atoms with E-state index in [9.17, 15) is 26.3 Å². The molecular weight excluding hydrogens is 470 g/mol. The Kier molecular flexibility index (Phi) is 9.46. The minimum atomic E-state index is -5.68. The number of rotatable bonds is 12. The summed E-state index contributed by atoms with van der Waals surface area (Å²) in [5.41, 5.74) is -5.52. The fraction of sp³-hybridized carbons (Fsp3) is 0.407. The second kappa shape index (κ2) is 11.7. The molecule has 0 N–H and O–H groups in total. The molecule has 0 aliphatic heterocycles. The molecular formula is C27H30F6O2. The molecule has 0 spiro atoms. The molecule has 0 saturated carbocycles. The van der Waals surface area contributed by atoms with Crippen molar-refractivity contribution in [3.63, 3.8) is 0 Å². The molecule has 2 rings (SSSR count). The van der Waals surface area contributed by atoms with Crippen LogP contribution >= 0.6 is 0 Å². The van der Waals surface area contributed by atoms with Crippen LogP contribution in [0.25, 0.3) is 0 Å². The van der Waals surface area contributed by atoms with Gasteiger partial charge in [0.15, 0.2) is 0 Å². The van der Waals surface area contributed by atoms with Gasteiger partial charge < -0.3 is 9.47 Å². The lowest BCUT2D eigenvalue weighted by Gasteiger charge is -2.39. The van der Waals surface area contributed by atoms with Crippen LogP contribution in [0.3, 0.4) is 0 Å². The van der Waals surface area contributed by atoms with Crippen molar-refractivity contribution in [3.05, 3.63) is 84.0 Å². The number of ether oxygens (including phenoxy) is 2. The summed E-state index contributed by atoms with van der Waals surface area (Å²) in [4.78, 5) is 0. The Bertz CT molecular complexity index is 926. The van der Waals surface area contributed by atoms with Gasteiger partial charge in [-0.05, 0) is 47.2 Å². The Hall–Kier alpha value is -2.90. The fourth-order valence-corrected chi connectivity index (χ4v) is 4.12. The van der Waals surface area contributed by atoms with Crippen molar-refractivity contribution in [2.45, 2.75) is 57.3 Å². The highest BCUT2D eigenvalue weighted by atomic mass is 19.4. The normalized spacial score (nSPS) is 12.3. The zero-order valence-electron chi connectivity index (χ0n) is 19.9. The van der Waals surface area contributed by atoms with Crippen LogP contribution in [0.5, 0.6) is 11.5 Å². The molecule has 0 aromatic heterocycles. The van der Waals surface area contributed by atoms with Crippen LogP contribution in [-0.2, 0) is 18.3 Å². The van der Waals surface area contributed by atoms with Gasteiger partial charge in [-0.3, -0.25) is 0 Å². The van der Waals surface area contributed by atoms with Crippen molar-refractivity contribution in [1.29, 1.82) is 0 Å². The van der Waals surface area contributed by atoms with Crippen LogP contribution in [0.1, 0.15) is 48.9 Å². The van der Waals surface area contributed by atoms with Gasteiger partial charge in [0.1, 0.15) is 24.7 Å². The summed E-state index contributed by atoms with van der Waals surface area (Å²) in [5.74, 6) is 0.460. The summed E-state index contributed by atoms with van der Waals surface area (Å²) in [6.07, 6.45) is -6.93. The van der Waals surface area contributed by atoms with Crippen LogP contribution in [0.15, 0.2) is 61.7 Å². The van der Waals surface area contributed by atoms with E-state index in [1.807, 2.05) is 0 Å². The highest BCUT2D eigenvalue weighted by Gasteiger charge is 2.72. The second-order valence-corrected chi connectivity index (χ2v) is 8.09. The third-order valence-corrected chi connectivity index (χ3v) is 5.59. The van der Waals surface area contributed by atoms with Crippen molar-refractivity contribution in [1.82, 2.24) is 0 Å². The standard InChI is InChI=1S/C27H30F6O2/c1-5-9-19-17-21(11-13-23(19)34-15-7-3)25(26(28,29)30,27(31,32)33)22-12-14-24(35-16-8-4)20(18-22)10-6-2/h7-8,11-14,17-18H,3-6,9-10,15-16H2,1-2H3. The van der Waals surface area contributed by atoms with Crippen molar-refractivity contribution in [2.24, 2.45) is 0 Å². The van der Waals surface area contributed by atoms with Crippen LogP contribution in [0, 0.1) is 0 Å². The average molecular weight is 501 g/mol. The number of hydrogen-bond donors (Lipinski definition) is 0. The fourth-order valence-electron chi connectivity index (χ4n) is 4.12. The van der Waals surface area contributed by atoms with Crippen LogP contribution in [-0.4, -0.2) is 25.6 Å². The van der Waals surface area contributed by atoms with Gasteiger partial charge in [0.2, 0.25) is 5.41 Å². The maximum absolute atomic E-state index is 14.7. The summed E-state index contributed by atoms with van der Waals surface area (Å²) < 4.78 is 99.0. The first kappa shape index (κ1) is 28.3. The second-order valence-electron chi connectivity index (χ2n) is 8.09. The Morgan fingerprint density at radius 1 is 0.686 bits per heavy atom. The van der Waals surface area contributed by atoms with E-state index in [0.717, 1.165) is 24.3 Å². The van der Waals surface area contributed by atoms with Crippen molar-refractivity contribution in [3.8, 4) is 11.5 Å². The zero-order valence-corrected chi connectivity index (χ0v) is 19.9. The van der Waals surface area contributed by atoms with Gasteiger partial charge in [-0.1, -0.05) is 76.3 Å². The topological polar surface area (TPSA) is 18.5 Å². The molecule has 0 aliphatic carbocycles. The lowest BCUT2D eigenvalue weighted by Crippen LogP contribution is -2.54. The molecule has 192 valence electrons. The van der Waals surface area contributed by atoms with E-state index in [1.165, 1.54) is 24.3 Å². The molecule has 0 saturated heterocycles. The lowest BCUT2D eigenvalue weighted by molar-refractivity contribution is -0.288. The molecule has 0 radical (unpaired) electrons. The summed E-state index contributed by atoms with van der Waals surface area (Å²) in [6, 6.07) is 5.96. The number of alkyl halides is 6. The molecule has 2 aromatic carbocycles. The predicted molar refractivity (Wildman–Crippen MR) is 125 cm³/mol. The first-order valence-corrected chi connectivity index (χ1v) is 11.3. The molecule has 0 unspecified atom stereocenters. The quantitative estimate of drug-likeness (QED) is 0.216. The highest BCUT2D eigenvalue weighted by molar-refractivity contribution is 5.51. The van der Waals surface area contributed by atoms with E-state index < -0.39 is 28.9 Å². The van der Waals surface area contributed by atoms with Gasteiger partial charge in [0, 0.05) is 0 Å². The maximum atomic E-state index is 14.7. The van der Waals surface area contributed by atoms with Gasteiger partial charge in [-0.25, -0.2) is 0 Å². The monoisotopic (exact) mass is 500 g/mol. The summed E-state index contributed by atoms with van der Waals surface area (Å²) in [7, 11) is 0. The molecule has 0 amide bonds. The molecule has 2 aromatic rings. The number of hydrogen-bond acceptors (Lipinski definition) is 2. The molecule has 2 nitrogen and oxygen atoms in total. The van der Waals surface area contributed by atoms with Gasteiger partial charge in [0.25, 0.3) is 0 Å². The highest BCUT2D eigenvalue weighted by Crippen LogP contribution is 2.57. The third kappa shape index (κ3) is 5.85. The molecule has 0 atom stereocenters. The van der Waals surface area contributed by atoms with E-state index in [1.54, 1.807) is 13.8 Å². The zero-order chi connectivity index (χ0) is 26.3. The van der Waals surface area contributed by atoms with Crippen LogP contribution in [0.2, 0.25) is 0 Å². The van der Waals surface area contributed by atoms with Gasteiger partial charge >= 0.3 is 12.4 Å². The molecule has 35 heavy (non-hydrogen) atoms. The predicted octanol–water partition coefficient (Wildman–Crippen LogP) is 8.13. The SMILES string of the molecule is C=CCOc1ccc(C(c2ccc(OCC=C)c(CCC)c2)(C(F)(F)F)C(F)(F)F)cc1CCC. The summed E-state index contributed by atoms with van der Waals surface area (Å²) in [6.45, 7) is 10.8. The smallest absolute Gasteiger partial charge is 0.411 e. The van der Waals surface area contributed by atoms with E-state index >= 15 is 0 Å². The Labute approximate surface area is 202 Å². The minimum Gasteiger partial charge on any atom is -0.489 e. The summed E-state index contributed by atoms with van der Waals surface area (Å²) in [5, 5.41) is 0. The van der Waals surface area contributed by atoms with Crippen molar-refractivity contribution in [2.75, 3.05) is 13.2 Å². The average Bonchev–Trinajstić information content (AvgIpc) is 2.77. The minimum absolute atomic E-state index is 0.0757. The number of halogens is 6. The molecule has 8 heteroatoms. The molecule has 0 heterocycles. The summed E-state index contributed by atoms with van der Waals surface area (Å²) >= 11 is 0. The number of benzene rings is 2. The lowest BCUT2D eigenvalue weighted by atomic mass is 9.71. The Morgan fingerprint density at radius 3 is 1.34 bits per heavy atom. The van der Waals surface area contributed by atoms with Crippen LogP contribution < -0.4 is 9.47 Å². The first-order chi connectivity index (χ1) is 16.5. The van der Waals surface area contributed by atoms with E-state index in [2.05, 4.69) is 13.2 Å². The Morgan fingerprint density at radius 2 is 1.06 bits per heavy atom. The number of aryl methyl sites for hydroxylation is 2. The van der Waals surface area contributed by atoms with E-state index in [4.69, 9.17) is 9.47 Å². The van der Waals surface area contributed by atoms with Gasteiger partial charge in [-0.15, -0.1) is 0 Å². The van der Waals surface area contributed by atoms with Crippen molar-refractivity contribution < 1.29 is 35.8 Å². The van der Waals surface area contributed by atoms with E-state index in [0.29, 0.717) is 12.8 Å². The maximum Gasteiger partial charge on any atom is 0.411 e. The molecule has 0 fully saturated rings. The first-order valence-electron chi connectivity index (χ1n) is 11.3. The van der Waals surface area contributed by atoms with Crippen molar-refractivity contribution >= 4 is 0 Å². The molecule has 0 bridgehead atoms. The van der Waals surface area contributed by atoms with Gasteiger partial charge in [-0.2, -0.15) is 26.3 Å².